The van der Waals surface area contributed by atoms with Gasteiger partial charge in [0.2, 0.25) is 11.8 Å². The van der Waals surface area contributed by atoms with Crippen molar-refractivity contribution in [2.75, 3.05) is 6.61 Å². The number of ether oxygens (including phenoxy) is 1. The summed E-state index contributed by atoms with van der Waals surface area (Å²) < 4.78 is 10.4. The van der Waals surface area contributed by atoms with Gasteiger partial charge in [0, 0.05) is 10.6 Å². The predicted octanol–water partition coefficient (Wildman–Crippen LogP) is 2.32. The van der Waals surface area contributed by atoms with Gasteiger partial charge in [-0.2, -0.15) is 0 Å². The first kappa shape index (κ1) is 15.4. The summed E-state index contributed by atoms with van der Waals surface area (Å²) in [6, 6.07) is 6.83. The lowest BCUT2D eigenvalue weighted by Crippen LogP contribution is -2.28. The number of thiocarbonyl (C=S) groups is 1. The molecule has 2 aromatic rings. The minimum absolute atomic E-state index is 0.00546. The van der Waals surface area contributed by atoms with Crippen LogP contribution in [0.2, 0.25) is 5.02 Å². The average molecular weight is 326 g/mol. The van der Waals surface area contributed by atoms with E-state index in [9.17, 15) is 4.79 Å². The lowest BCUT2D eigenvalue weighted by atomic mass is 10.1. The van der Waals surface area contributed by atoms with Crippen LogP contribution in [0.15, 0.2) is 28.7 Å². The topological polar surface area (TPSA) is 91.2 Å². The zero-order valence-corrected chi connectivity index (χ0v) is 12.6. The maximum absolute atomic E-state index is 11.8. The molecule has 0 fully saturated rings. The van der Waals surface area contributed by atoms with Gasteiger partial charge in [0.15, 0.2) is 5.92 Å². The molecule has 1 aromatic carbocycles. The van der Waals surface area contributed by atoms with Crippen molar-refractivity contribution in [1.82, 2.24) is 10.2 Å². The van der Waals surface area contributed by atoms with E-state index in [4.69, 9.17) is 38.7 Å². The first-order valence-electron chi connectivity index (χ1n) is 6.08. The smallest absolute Gasteiger partial charge is 0.325 e. The molecule has 2 rings (SSSR count). The van der Waals surface area contributed by atoms with Crippen LogP contribution in [0.25, 0.3) is 11.5 Å². The first-order valence-corrected chi connectivity index (χ1v) is 6.86. The Bertz CT molecular complexity index is 657. The van der Waals surface area contributed by atoms with Crippen LogP contribution in [0, 0.1) is 0 Å². The molecule has 6 nitrogen and oxygen atoms in total. The molecular weight excluding hydrogens is 314 g/mol. The van der Waals surface area contributed by atoms with E-state index in [0.717, 1.165) is 0 Å². The molecule has 1 aromatic heterocycles. The van der Waals surface area contributed by atoms with E-state index in [0.29, 0.717) is 10.6 Å². The highest BCUT2D eigenvalue weighted by Crippen LogP contribution is 2.24. The number of carbonyl (C=O) groups excluding carboxylic acids is 1. The van der Waals surface area contributed by atoms with E-state index in [-0.39, 0.29) is 23.4 Å². The number of hydrogen-bond donors (Lipinski definition) is 1. The van der Waals surface area contributed by atoms with Gasteiger partial charge in [-0.25, -0.2) is 0 Å². The molecule has 0 aliphatic rings. The maximum Gasteiger partial charge on any atom is 0.325 e. The number of rotatable bonds is 5. The summed E-state index contributed by atoms with van der Waals surface area (Å²) >= 11 is 10.7. The van der Waals surface area contributed by atoms with Gasteiger partial charge in [-0.15, -0.1) is 10.2 Å². The van der Waals surface area contributed by atoms with Crippen molar-refractivity contribution < 1.29 is 13.9 Å². The summed E-state index contributed by atoms with van der Waals surface area (Å²) in [4.78, 5) is 11.8. The van der Waals surface area contributed by atoms with Gasteiger partial charge in [-0.3, -0.25) is 4.79 Å². The molecule has 110 valence electrons. The molecule has 0 amide bonds. The van der Waals surface area contributed by atoms with Crippen molar-refractivity contribution in [3.05, 3.63) is 35.2 Å². The Kier molecular flexibility index (Phi) is 4.87. The molecule has 2 N–H and O–H groups in total. The molecule has 1 unspecified atom stereocenters. The molecule has 1 heterocycles. The molecule has 0 saturated carbocycles. The monoisotopic (exact) mass is 325 g/mol. The minimum atomic E-state index is -1.05. The number of nitrogens with two attached hydrogens (primary N) is 1. The second-order valence-corrected chi connectivity index (χ2v) is 4.95. The Hall–Kier alpha value is -1.99. The van der Waals surface area contributed by atoms with Crippen LogP contribution < -0.4 is 5.73 Å². The SMILES string of the molecule is CCOC(=O)C(C(N)=S)c1nnc(-c2ccc(Cl)cc2)o1. The van der Waals surface area contributed by atoms with Crippen molar-refractivity contribution in [2.24, 2.45) is 5.73 Å². The Morgan fingerprint density at radius 3 is 2.67 bits per heavy atom. The lowest BCUT2D eigenvalue weighted by molar-refractivity contribution is -0.143. The molecule has 0 aliphatic carbocycles. The Labute approximate surface area is 131 Å². The van der Waals surface area contributed by atoms with E-state index < -0.39 is 11.9 Å². The van der Waals surface area contributed by atoms with E-state index in [2.05, 4.69) is 10.2 Å². The highest BCUT2D eigenvalue weighted by atomic mass is 35.5. The van der Waals surface area contributed by atoms with E-state index in [1.54, 1.807) is 31.2 Å². The zero-order chi connectivity index (χ0) is 15.4. The van der Waals surface area contributed by atoms with Gasteiger partial charge >= 0.3 is 5.97 Å². The Morgan fingerprint density at radius 1 is 1.43 bits per heavy atom. The third kappa shape index (κ3) is 3.56. The molecule has 21 heavy (non-hydrogen) atoms. The second kappa shape index (κ2) is 6.64. The molecule has 0 spiro atoms. The number of benzene rings is 1. The van der Waals surface area contributed by atoms with Crippen LogP contribution in [0.4, 0.5) is 0 Å². The van der Waals surface area contributed by atoms with Gasteiger partial charge in [-0.05, 0) is 31.2 Å². The Morgan fingerprint density at radius 2 is 2.10 bits per heavy atom. The van der Waals surface area contributed by atoms with Crippen molar-refractivity contribution >= 4 is 34.8 Å². The first-order chi connectivity index (χ1) is 10.0. The van der Waals surface area contributed by atoms with Gasteiger partial charge in [-0.1, -0.05) is 23.8 Å². The van der Waals surface area contributed by atoms with Crippen LogP contribution in [-0.2, 0) is 9.53 Å². The summed E-state index contributed by atoms with van der Waals surface area (Å²) in [5, 5.41) is 8.29. The number of nitrogens with zero attached hydrogens (tertiary/aromatic N) is 2. The standard InChI is InChI=1S/C13H12ClN3O3S/c1-2-19-13(18)9(10(15)21)12-17-16-11(20-12)7-3-5-8(14)6-4-7/h3-6,9H,2H2,1H3,(H2,15,21). The molecule has 1 atom stereocenters. The molecule has 0 radical (unpaired) electrons. The third-order valence-electron chi connectivity index (χ3n) is 2.59. The zero-order valence-electron chi connectivity index (χ0n) is 11.1. The summed E-state index contributed by atoms with van der Waals surface area (Å²) in [5.74, 6) is -1.41. The summed E-state index contributed by atoms with van der Waals surface area (Å²) in [6.45, 7) is 1.89. The van der Waals surface area contributed by atoms with Gasteiger partial charge in [0.1, 0.15) is 0 Å². The second-order valence-electron chi connectivity index (χ2n) is 4.04. The number of halogens is 1. The molecule has 0 bridgehead atoms. The van der Waals surface area contributed by atoms with Crippen molar-refractivity contribution in [3.8, 4) is 11.5 Å². The highest BCUT2D eigenvalue weighted by molar-refractivity contribution is 7.80. The Balaban J connectivity index is 2.30. The largest absolute Gasteiger partial charge is 0.465 e. The normalized spacial score (nSPS) is 11.9. The van der Waals surface area contributed by atoms with Crippen LogP contribution in [0.5, 0.6) is 0 Å². The number of esters is 1. The molecular formula is C13H12ClN3O3S. The van der Waals surface area contributed by atoms with Gasteiger partial charge in [0.05, 0.1) is 11.6 Å². The van der Waals surface area contributed by atoms with Gasteiger partial charge in [0.25, 0.3) is 0 Å². The third-order valence-corrected chi connectivity index (χ3v) is 3.07. The van der Waals surface area contributed by atoms with Crippen molar-refractivity contribution in [1.29, 1.82) is 0 Å². The van der Waals surface area contributed by atoms with Crippen molar-refractivity contribution in [2.45, 2.75) is 12.8 Å². The number of carbonyl (C=O) groups is 1. The highest BCUT2D eigenvalue weighted by Gasteiger charge is 2.31. The van der Waals surface area contributed by atoms with Crippen LogP contribution in [0.1, 0.15) is 18.7 Å². The van der Waals surface area contributed by atoms with Crippen LogP contribution in [-0.4, -0.2) is 27.8 Å². The fourth-order valence-electron chi connectivity index (χ4n) is 1.62. The number of hydrogen-bond acceptors (Lipinski definition) is 6. The van der Waals surface area contributed by atoms with E-state index >= 15 is 0 Å². The molecule has 0 aliphatic heterocycles. The average Bonchev–Trinajstić information content (AvgIpc) is 2.89. The van der Waals surface area contributed by atoms with E-state index in [1.807, 2.05) is 0 Å². The maximum atomic E-state index is 11.8. The van der Waals surface area contributed by atoms with Gasteiger partial charge < -0.3 is 14.9 Å². The number of aromatic nitrogens is 2. The van der Waals surface area contributed by atoms with Crippen molar-refractivity contribution in [3.63, 3.8) is 0 Å². The molecule has 0 saturated heterocycles. The van der Waals surface area contributed by atoms with Crippen LogP contribution in [0.3, 0.4) is 0 Å². The lowest BCUT2D eigenvalue weighted by Gasteiger charge is -2.09. The van der Waals surface area contributed by atoms with E-state index in [1.165, 1.54) is 0 Å². The fourth-order valence-corrected chi connectivity index (χ4v) is 1.95. The summed E-state index contributed by atoms with van der Waals surface area (Å²) in [5.41, 5.74) is 6.22. The quantitative estimate of drug-likeness (QED) is 0.666. The van der Waals surface area contributed by atoms with Crippen LogP contribution >= 0.6 is 23.8 Å². The minimum Gasteiger partial charge on any atom is -0.465 e. The summed E-state index contributed by atoms with van der Waals surface area (Å²) in [6.07, 6.45) is 0. The molecule has 8 heteroatoms. The fraction of sp³-hybridized carbons (Fsp3) is 0.231. The predicted molar refractivity (Wildman–Crippen MR) is 80.9 cm³/mol. The summed E-state index contributed by atoms with van der Waals surface area (Å²) in [7, 11) is 0.